The first-order valence-corrected chi connectivity index (χ1v) is 51.3. The Labute approximate surface area is 854 Å². The molecule has 0 saturated carbocycles. The van der Waals surface area contributed by atoms with Crippen LogP contribution in [-0.4, -0.2) is 223 Å². The van der Waals surface area contributed by atoms with Crippen LogP contribution in [0.25, 0.3) is 34.0 Å². The van der Waals surface area contributed by atoms with Crippen LogP contribution in [0.3, 0.4) is 0 Å². The van der Waals surface area contributed by atoms with Crippen LogP contribution in [0.4, 0.5) is 28.5 Å². The zero-order valence-corrected chi connectivity index (χ0v) is 91.1. The quantitative estimate of drug-likeness (QED) is 0.0543. The van der Waals surface area contributed by atoms with E-state index in [2.05, 4.69) is 349 Å². The number of hydrogen-bond donors (Lipinski definition) is 10. The average Bonchev–Trinajstić information content (AvgIpc) is 1.56. The van der Waals surface area contributed by atoms with Crippen molar-refractivity contribution in [3.05, 3.63) is 235 Å². The monoisotopic (exact) mass is 1970 g/mol. The minimum absolute atomic E-state index is 0.00248. The summed E-state index contributed by atoms with van der Waals surface area (Å²) in [6, 6.07) is 24.7. The molecule has 0 aromatic carbocycles. The first-order chi connectivity index (χ1) is 67.5. The fraction of sp³-hybridized carbons (Fsp3) is 0.541. The van der Waals surface area contributed by atoms with Gasteiger partial charge in [-0.15, -0.1) is 11.3 Å². The van der Waals surface area contributed by atoms with E-state index in [-0.39, 0.29) is 48.7 Å². The summed E-state index contributed by atoms with van der Waals surface area (Å²) in [6.07, 6.45) is 33.0. The van der Waals surface area contributed by atoms with Crippen LogP contribution in [0.2, 0.25) is 0 Å². The van der Waals surface area contributed by atoms with E-state index < -0.39 is 0 Å². The number of rotatable bonds is 12. The molecule has 2 atom stereocenters. The summed E-state index contributed by atoms with van der Waals surface area (Å²) >= 11 is 1.55. The number of thiazole rings is 1. The molecule has 0 spiro atoms. The van der Waals surface area contributed by atoms with E-state index in [4.69, 9.17) is 10.7 Å². The molecular weight excluding hydrogens is 1800 g/mol. The molecule has 143 heavy (non-hydrogen) atoms. The van der Waals surface area contributed by atoms with Gasteiger partial charge in [0.15, 0.2) is 5.13 Å². The number of anilines is 5. The molecule has 0 amide bonds. The fourth-order valence-electron chi connectivity index (χ4n) is 15.0. The maximum absolute atomic E-state index is 5.89. The van der Waals surface area contributed by atoms with Gasteiger partial charge in [0.1, 0.15) is 65.6 Å². The SMILES string of the molecule is CC(C)(C)c1cc(-c2ccc[nH]2)ncn1.CC(C)(C)c1cc(-c2ccc[nH]2)ncn1.CC(C)(C)c1cc(-c2cn[nH]c2)ncn1.CC(C)(C)c1ccnc(N2CCNCC2)n1.CC(C)(C)c1ncc(CN2CCC(N)C2)cn1.CC(C)(C)c1nccc(C2CCNCC2)n1.CC(C)(C)c1nccc(N2CCNCC2)n1.CC(C)(C)c1nccc(NC2CCCNC2)n1.CC(C)(C)c1nccc(Nc2nccs2)n1. The van der Waals surface area contributed by atoms with Gasteiger partial charge in [0, 0.05) is 253 Å². The molecule has 2 unspecified atom stereocenters. The molecule has 5 aliphatic rings. The summed E-state index contributed by atoms with van der Waals surface area (Å²) in [6.45, 7) is 73.3. The number of hydrogen-bond acceptors (Lipinski definition) is 31. The number of piperidine rings is 2. The highest BCUT2D eigenvalue weighted by atomic mass is 32.1. The molecule has 0 aliphatic carbocycles. The molecule has 13 aromatic rings. The fourth-order valence-corrected chi connectivity index (χ4v) is 15.6. The Kier molecular flexibility index (Phi) is 41.1. The van der Waals surface area contributed by atoms with E-state index in [0.29, 0.717) is 18.0 Å². The molecule has 34 heteroatoms. The predicted molar refractivity (Wildman–Crippen MR) is 582 cm³/mol. The molecule has 11 N–H and O–H groups in total. The maximum Gasteiger partial charge on any atom is 0.225 e. The van der Waals surface area contributed by atoms with Crippen molar-refractivity contribution in [2.24, 2.45) is 5.73 Å². The minimum Gasteiger partial charge on any atom is -0.366 e. The summed E-state index contributed by atoms with van der Waals surface area (Å²) in [4.78, 5) is 96.6. The number of likely N-dealkylation sites (tertiary alicyclic amines) is 1. The Balaban J connectivity index is 0.000000165. The molecule has 0 radical (unpaired) electrons. The zero-order chi connectivity index (χ0) is 104. The van der Waals surface area contributed by atoms with E-state index in [1.807, 2.05) is 128 Å². The Morgan fingerprint density at radius 2 is 0.874 bits per heavy atom. The van der Waals surface area contributed by atoms with Gasteiger partial charge in [-0.25, -0.2) is 94.7 Å². The van der Waals surface area contributed by atoms with Gasteiger partial charge in [0.2, 0.25) is 5.95 Å². The van der Waals surface area contributed by atoms with Crippen LogP contribution < -0.4 is 47.4 Å². The van der Waals surface area contributed by atoms with Crippen LogP contribution >= 0.6 is 11.3 Å². The first kappa shape index (κ1) is 113. The largest absolute Gasteiger partial charge is 0.366 e. The average molecular weight is 1970 g/mol. The highest BCUT2D eigenvalue weighted by Crippen LogP contribution is 2.32. The first-order valence-electron chi connectivity index (χ1n) is 50.5. The summed E-state index contributed by atoms with van der Waals surface area (Å²) < 4.78 is 0. The van der Waals surface area contributed by atoms with Gasteiger partial charge in [-0.1, -0.05) is 187 Å². The third-order valence-corrected chi connectivity index (χ3v) is 24.3. The molecule has 18 heterocycles. The van der Waals surface area contributed by atoms with E-state index in [1.165, 1.54) is 36.9 Å². The van der Waals surface area contributed by atoms with Crippen molar-refractivity contribution in [3.63, 3.8) is 0 Å². The van der Waals surface area contributed by atoms with Gasteiger partial charge in [-0.2, -0.15) is 5.10 Å². The number of nitrogens with zero attached hydrogens (tertiary/aromatic N) is 23. The third-order valence-electron chi connectivity index (χ3n) is 23.6. The van der Waals surface area contributed by atoms with Crippen LogP contribution in [0.1, 0.15) is 288 Å². The lowest BCUT2D eigenvalue weighted by atomic mass is 9.91. The molecule has 770 valence electrons. The van der Waals surface area contributed by atoms with E-state index >= 15 is 0 Å². The maximum atomic E-state index is 5.89. The lowest BCUT2D eigenvalue weighted by molar-refractivity contribution is 0.325. The molecule has 0 bridgehead atoms. The Morgan fingerprint density at radius 3 is 1.34 bits per heavy atom. The summed E-state index contributed by atoms with van der Waals surface area (Å²) in [5, 5.41) is 29.5. The molecule has 18 rings (SSSR count). The number of nitrogens with one attached hydrogen (secondary N) is 9. The van der Waals surface area contributed by atoms with E-state index in [9.17, 15) is 0 Å². The predicted octanol–water partition coefficient (Wildman–Crippen LogP) is 18.5. The van der Waals surface area contributed by atoms with Gasteiger partial charge in [0.05, 0.1) is 40.4 Å². The van der Waals surface area contributed by atoms with Crippen molar-refractivity contribution < 1.29 is 0 Å². The lowest BCUT2D eigenvalue weighted by Crippen LogP contribution is -2.44. The molecule has 5 aliphatic heterocycles. The minimum atomic E-state index is -0.0411. The van der Waals surface area contributed by atoms with Crippen molar-refractivity contribution in [2.75, 3.05) is 112 Å². The van der Waals surface area contributed by atoms with Crippen LogP contribution in [0.5, 0.6) is 0 Å². The van der Waals surface area contributed by atoms with Gasteiger partial charge in [-0.05, 0) is 125 Å². The van der Waals surface area contributed by atoms with Crippen LogP contribution in [0, 0.1) is 0 Å². The Bertz CT molecular complexity index is 5450. The van der Waals surface area contributed by atoms with Crippen molar-refractivity contribution in [1.82, 2.24) is 141 Å². The number of nitrogens with two attached hydrogens (primary N) is 1. The molecular formula is C109H163N33S. The molecule has 5 saturated heterocycles. The highest BCUT2D eigenvalue weighted by Gasteiger charge is 2.29. The summed E-state index contributed by atoms with van der Waals surface area (Å²) in [5.74, 6) is 8.78. The number of H-pyrrole nitrogens is 3. The second-order valence-corrected chi connectivity index (χ2v) is 46.8. The summed E-state index contributed by atoms with van der Waals surface area (Å²) in [7, 11) is 0. The smallest absolute Gasteiger partial charge is 0.225 e. The Hall–Kier alpha value is -11.9. The van der Waals surface area contributed by atoms with Gasteiger partial charge in [0.25, 0.3) is 0 Å². The van der Waals surface area contributed by atoms with Crippen LogP contribution in [-0.2, 0) is 55.3 Å². The Morgan fingerprint density at radius 1 is 0.399 bits per heavy atom. The van der Waals surface area contributed by atoms with Crippen molar-refractivity contribution in [1.29, 1.82) is 0 Å². The number of aromatic amines is 3. The number of aromatic nitrogens is 23. The second kappa shape index (κ2) is 52.0. The summed E-state index contributed by atoms with van der Waals surface area (Å²) in [5.41, 5.74) is 18.7. The van der Waals surface area contributed by atoms with E-state index in [0.717, 1.165) is 219 Å². The highest BCUT2D eigenvalue weighted by molar-refractivity contribution is 7.13. The van der Waals surface area contributed by atoms with Gasteiger partial charge in [-0.3, -0.25) is 10.00 Å². The third kappa shape index (κ3) is 38.0. The number of piperazine rings is 2. The lowest BCUT2D eigenvalue weighted by Gasteiger charge is -2.29. The second-order valence-electron chi connectivity index (χ2n) is 45.9. The normalized spacial score (nSPS) is 16.1. The van der Waals surface area contributed by atoms with Crippen molar-refractivity contribution in [2.45, 2.75) is 292 Å². The topological polar surface area (TPSA) is 413 Å². The molecule has 5 fully saturated rings. The molecule has 33 nitrogen and oxygen atoms in total. The van der Waals surface area contributed by atoms with Gasteiger partial charge < -0.3 is 57.4 Å². The molecule has 13 aromatic heterocycles. The van der Waals surface area contributed by atoms with Gasteiger partial charge >= 0.3 is 0 Å². The van der Waals surface area contributed by atoms with Crippen LogP contribution in [0.15, 0.2) is 172 Å². The van der Waals surface area contributed by atoms with Crippen molar-refractivity contribution >= 4 is 39.9 Å². The standard InChI is InChI=1S/2C13H22N4.C13H21N3.2C12H20N4.2C12H15N3.C11H14N4S.C11H14N4/c1-13(2,3)12-15-6-10(7-16-12)8-17-5-4-11(14)9-17;1-13(2,3)12-15-8-6-11(17-12)16-10-5-4-7-14-9-10;1-13(2,3)12-15-9-6-11(16-12)10-4-7-14-8-5-10;1-12(2,3)11-14-5-4-10(15-11)16-8-6-13-7-9-16;1-12(2,3)10-4-5-14-11(15-10)16-8-6-13-7-9-16;2*1-12(2,3)11-7-10(14-8-15-11)9-5-4-6-13-9;1-11(2,3)9-12-5-4-8(14-9)15-10-13-6-7-16-10;1-11(2,3)10-4-9(12-7-13-10)8-5-14-15-6-8/h6-7,11H,4-5,8-9,14H2,1-3H3;6,8,10,14H,4-5,7,9H2,1-3H3,(H,15,16,17);6,9-10,14H,4-5,7-8H2,1-3H3;2*4-5,13H,6-9H2,1-3H3;2*4-8,13H,1-3H3;4-7H,1-3H3,(H,12,13,14,15);4-7H,1-3H3,(H,14,15). The zero-order valence-electron chi connectivity index (χ0n) is 90.3. The van der Waals surface area contributed by atoms with E-state index in [1.54, 1.807) is 48.9 Å². The van der Waals surface area contributed by atoms with Crippen molar-refractivity contribution in [3.8, 4) is 34.0 Å².